The highest BCUT2D eigenvalue weighted by molar-refractivity contribution is 5.65. The average molecular weight is 274 g/mol. The molecule has 20 heavy (non-hydrogen) atoms. The number of anilines is 2. The third-order valence-electron chi connectivity index (χ3n) is 3.34. The van der Waals surface area contributed by atoms with Gasteiger partial charge in [-0.3, -0.25) is 4.68 Å². The van der Waals surface area contributed by atoms with E-state index in [1.54, 1.807) is 4.68 Å². The molecule has 0 fully saturated rings. The molecule has 0 saturated heterocycles. The molecule has 1 atom stereocenters. The molecule has 1 aromatic carbocycles. The molecule has 0 saturated carbocycles. The lowest BCUT2D eigenvalue weighted by Crippen LogP contribution is -2.17. The number of rotatable bonds is 6. The van der Waals surface area contributed by atoms with Gasteiger partial charge in [-0.05, 0) is 12.0 Å². The number of aryl methyl sites for hydroxylation is 2. The van der Waals surface area contributed by atoms with Gasteiger partial charge in [0, 0.05) is 7.05 Å². The lowest BCUT2D eigenvalue weighted by atomic mass is 10.1. The molecule has 5 nitrogen and oxygen atoms in total. The molecular weight excluding hydrogens is 252 g/mol. The predicted octanol–water partition coefficient (Wildman–Crippen LogP) is 2.10. The van der Waals surface area contributed by atoms with Gasteiger partial charge in [-0.25, -0.2) is 0 Å². The van der Waals surface area contributed by atoms with Gasteiger partial charge in [0.1, 0.15) is 5.82 Å². The summed E-state index contributed by atoms with van der Waals surface area (Å²) >= 11 is 0. The molecule has 5 heteroatoms. The second-order valence-electron chi connectivity index (χ2n) is 4.87. The van der Waals surface area contributed by atoms with Crippen LogP contribution in [0.5, 0.6) is 0 Å². The Hall–Kier alpha value is -2.01. The van der Waals surface area contributed by atoms with Gasteiger partial charge >= 0.3 is 0 Å². The van der Waals surface area contributed by atoms with E-state index in [4.69, 9.17) is 5.73 Å². The van der Waals surface area contributed by atoms with Gasteiger partial charge in [-0.2, -0.15) is 5.10 Å². The molecule has 4 N–H and O–H groups in total. The molecule has 0 spiro atoms. The summed E-state index contributed by atoms with van der Waals surface area (Å²) in [4.78, 5) is 0. The first-order valence-electron chi connectivity index (χ1n) is 6.91. The summed E-state index contributed by atoms with van der Waals surface area (Å²) in [6.45, 7) is 2.10. The lowest BCUT2D eigenvalue weighted by molar-refractivity contribution is 0.276. The Morgan fingerprint density at radius 3 is 2.65 bits per heavy atom. The monoisotopic (exact) mass is 274 g/mol. The number of aromatic nitrogens is 2. The van der Waals surface area contributed by atoms with Crippen molar-refractivity contribution < 1.29 is 5.11 Å². The highest BCUT2D eigenvalue weighted by atomic mass is 16.3. The third-order valence-corrected chi connectivity index (χ3v) is 3.34. The maximum absolute atomic E-state index is 9.60. The Labute approximate surface area is 119 Å². The van der Waals surface area contributed by atoms with Gasteiger partial charge in [-0.15, -0.1) is 0 Å². The van der Waals surface area contributed by atoms with Crippen LogP contribution >= 0.6 is 0 Å². The van der Waals surface area contributed by atoms with E-state index in [1.807, 2.05) is 37.4 Å². The smallest absolute Gasteiger partial charge is 0.148 e. The fourth-order valence-electron chi connectivity index (χ4n) is 2.27. The minimum absolute atomic E-state index is 0.00224. The Morgan fingerprint density at radius 1 is 1.35 bits per heavy atom. The van der Waals surface area contributed by atoms with Crippen LogP contribution in [0.3, 0.4) is 0 Å². The van der Waals surface area contributed by atoms with Crippen molar-refractivity contribution in [2.75, 3.05) is 17.7 Å². The predicted molar refractivity (Wildman–Crippen MR) is 81.5 cm³/mol. The summed E-state index contributed by atoms with van der Waals surface area (Å²) in [7, 11) is 1.86. The van der Waals surface area contributed by atoms with Crippen molar-refractivity contribution >= 4 is 11.5 Å². The van der Waals surface area contributed by atoms with Crippen LogP contribution in [0.15, 0.2) is 30.3 Å². The quantitative estimate of drug-likeness (QED) is 0.754. The molecule has 0 aliphatic heterocycles. The second kappa shape index (κ2) is 6.43. The van der Waals surface area contributed by atoms with Gasteiger partial charge in [0.15, 0.2) is 0 Å². The van der Waals surface area contributed by atoms with E-state index in [0.717, 1.165) is 29.9 Å². The Morgan fingerprint density at radius 2 is 2.05 bits per heavy atom. The largest absolute Gasteiger partial charge is 0.394 e. The number of aliphatic hydroxyl groups is 1. The fourth-order valence-corrected chi connectivity index (χ4v) is 2.27. The molecule has 0 bridgehead atoms. The minimum Gasteiger partial charge on any atom is -0.394 e. The average Bonchev–Trinajstić information content (AvgIpc) is 2.73. The molecule has 0 aliphatic rings. The van der Waals surface area contributed by atoms with Gasteiger partial charge < -0.3 is 16.2 Å². The maximum atomic E-state index is 9.60. The Kier molecular flexibility index (Phi) is 4.63. The molecule has 0 amide bonds. The van der Waals surface area contributed by atoms with Crippen molar-refractivity contribution in [2.24, 2.45) is 7.05 Å². The van der Waals surface area contributed by atoms with Crippen molar-refractivity contribution in [3.63, 3.8) is 0 Å². The molecule has 2 rings (SSSR count). The van der Waals surface area contributed by atoms with E-state index in [2.05, 4.69) is 17.3 Å². The molecular formula is C15H22N4O. The standard InChI is InChI=1S/C15H22N4O/c1-3-7-12-14(16)15(19(2)18-12)17-13(10-20)11-8-5-4-6-9-11/h4-6,8-9,13,17,20H,3,7,10,16H2,1-2H3. The van der Waals surface area contributed by atoms with Crippen molar-refractivity contribution in [3.8, 4) is 0 Å². The summed E-state index contributed by atoms with van der Waals surface area (Å²) in [5.74, 6) is 0.761. The number of nitrogens with one attached hydrogen (secondary N) is 1. The topological polar surface area (TPSA) is 76.1 Å². The zero-order valence-electron chi connectivity index (χ0n) is 12.0. The number of aliphatic hydroxyl groups excluding tert-OH is 1. The summed E-state index contributed by atoms with van der Waals surface area (Å²) in [6, 6.07) is 9.63. The molecule has 0 aliphatic carbocycles. The maximum Gasteiger partial charge on any atom is 0.148 e. The van der Waals surface area contributed by atoms with Crippen LogP contribution in [-0.2, 0) is 13.5 Å². The van der Waals surface area contributed by atoms with Gasteiger partial charge in [0.2, 0.25) is 0 Å². The molecule has 1 aromatic heterocycles. The lowest BCUT2D eigenvalue weighted by Gasteiger charge is -2.18. The van der Waals surface area contributed by atoms with Gasteiger partial charge in [0.05, 0.1) is 24.0 Å². The second-order valence-corrected chi connectivity index (χ2v) is 4.87. The van der Waals surface area contributed by atoms with Crippen LogP contribution < -0.4 is 11.1 Å². The highest BCUT2D eigenvalue weighted by Gasteiger charge is 2.17. The van der Waals surface area contributed by atoms with Crippen molar-refractivity contribution in [3.05, 3.63) is 41.6 Å². The van der Waals surface area contributed by atoms with Crippen LogP contribution in [0.4, 0.5) is 11.5 Å². The Balaban J connectivity index is 2.24. The van der Waals surface area contributed by atoms with Crippen molar-refractivity contribution in [1.29, 1.82) is 0 Å². The number of hydrogen-bond donors (Lipinski definition) is 3. The third kappa shape index (κ3) is 2.93. The first kappa shape index (κ1) is 14.4. The number of hydrogen-bond acceptors (Lipinski definition) is 4. The van der Waals surface area contributed by atoms with E-state index in [-0.39, 0.29) is 12.6 Å². The number of benzene rings is 1. The molecule has 108 valence electrons. The van der Waals surface area contributed by atoms with E-state index in [0.29, 0.717) is 5.69 Å². The summed E-state index contributed by atoms with van der Waals surface area (Å²) < 4.78 is 1.74. The van der Waals surface area contributed by atoms with Gasteiger partial charge in [-0.1, -0.05) is 43.7 Å². The van der Waals surface area contributed by atoms with E-state index < -0.39 is 0 Å². The molecule has 2 aromatic rings. The van der Waals surface area contributed by atoms with Crippen LogP contribution in [0.25, 0.3) is 0 Å². The highest BCUT2D eigenvalue weighted by Crippen LogP contribution is 2.27. The zero-order valence-corrected chi connectivity index (χ0v) is 12.0. The summed E-state index contributed by atoms with van der Waals surface area (Å²) in [5.41, 5.74) is 8.74. The summed E-state index contributed by atoms with van der Waals surface area (Å²) in [5, 5.41) is 17.3. The molecule has 1 unspecified atom stereocenters. The number of nitrogens with zero attached hydrogens (tertiary/aromatic N) is 2. The SMILES string of the molecule is CCCc1nn(C)c(NC(CO)c2ccccc2)c1N. The van der Waals surface area contributed by atoms with Crippen LogP contribution in [0, 0.1) is 0 Å². The van der Waals surface area contributed by atoms with Gasteiger partial charge in [0.25, 0.3) is 0 Å². The Bertz CT molecular complexity index is 551. The minimum atomic E-state index is -0.191. The van der Waals surface area contributed by atoms with Crippen LogP contribution in [0.2, 0.25) is 0 Å². The fraction of sp³-hybridized carbons (Fsp3) is 0.400. The molecule has 1 heterocycles. The van der Waals surface area contributed by atoms with Crippen molar-refractivity contribution in [1.82, 2.24) is 9.78 Å². The molecule has 0 radical (unpaired) electrons. The number of nitrogens with two attached hydrogens (primary N) is 1. The van der Waals surface area contributed by atoms with Crippen molar-refractivity contribution in [2.45, 2.75) is 25.8 Å². The first-order chi connectivity index (χ1) is 9.67. The summed E-state index contributed by atoms with van der Waals surface area (Å²) in [6.07, 6.45) is 1.86. The van der Waals surface area contributed by atoms with Crippen LogP contribution in [0.1, 0.15) is 30.6 Å². The van der Waals surface area contributed by atoms with E-state index >= 15 is 0 Å². The number of nitrogen functional groups attached to an aromatic ring is 1. The normalized spacial score (nSPS) is 12.3. The van der Waals surface area contributed by atoms with E-state index in [1.165, 1.54) is 0 Å². The zero-order chi connectivity index (χ0) is 14.5. The van der Waals surface area contributed by atoms with Crippen LogP contribution in [-0.4, -0.2) is 21.5 Å². The van der Waals surface area contributed by atoms with E-state index in [9.17, 15) is 5.11 Å². The first-order valence-corrected chi connectivity index (χ1v) is 6.91.